The maximum atomic E-state index is 12.0. The number of ketones is 1. The summed E-state index contributed by atoms with van der Waals surface area (Å²) in [6, 6.07) is 0. The first kappa shape index (κ1) is 7.78. The van der Waals surface area contributed by atoms with Gasteiger partial charge in [-0.05, 0) is 38.0 Å². The summed E-state index contributed by atoms with van der Waals surface area (Å²) in [4.78, 5) is 12.0. The number of carbonyl (C=O) groups excluding carboxylic acids is 1. The SMILES string of the molecule is CC1=CC2CC1C1CCCC2C1=O. The highest BCUT2D eigenvalue weighted by Crippen LogP contribution is 2.51. The second kappa shape index (κ2) is 2.46. The molecule has 1 heteroatoms. The van der Waals surface area contributed by atoms with Gasteiger partial charge in [0.05, 0.1) is 0 Å². The highest BCUT2D eigenvalue weighted by Gasteiger charge is 2.48. The molecule has 3 aliphatic carbocycles. The summed E-state index contributed by atoms with van der Waals surface area (Å²) in [7, 11) is 0. The Bertz CT molecular complexity index is 289. The van der Waals surface area contributed by atoms with Crippen LogP contribution in [0.3, 0.4) is 0 Å². The second-order valence-corrected chi connectivity index (χ2v) is 4.96. The summed E-state index contributed by atoms with van der Waals surface area (Å²) < 4.78 is 0. The van der Waals surface area contributed by atoms with Crippen LogP contribution in [0.25, 0.3) is 0 Å². The molecule has 0 saturated heterocycles. The van der Waals surface area contributed by atoms with E-state index < -0.39 is 0 Å². The number of hydrogen-bond acceptors (Lipinski definition) is 1. The molecular formula is C12H16O. The maximum Gasteiger partial charge on any atom is 0.140 e. The molecule has 0 aromatic carbocycles. The Morgan fingerprint density at radius 1 is 1.23 bits per heavy atom. The molecule has 4 bridgehead atoms. The Labute approximate surface area is 79.2 Å². The van der Waals surface area contributed by atoms with Gasteiger partial charge < -0.3 is 0 Å². The first-order valence-corrected chi connectivity index (χ1v) is 5.49. The van der Waals surface area contributed by atoms with Crippen LogP contribution in [-0.2, 0) is 4.79 Å². The fraction of sp³-hybridized carbons (Fsp3) is 0.750. The van der Waals surface area contributed by atoms with Crippen LogP contribution in [0.1, 0.15) is 32.6 Å². The molecule has 0 aliphatic heterocycles. The lowest BCUT2D eigenvalue weighted by molar-refractivity contribution is -0.134. The van der Waals surface area contributed by atoms with E-state index in [-0.39, 0.29) is 0 Å². The highest BCUT2D eigenvalue weighted by atomic mass is 16.1. The first-order chi connectivity index (χ1) is 6.27. The van der Waals surface area contributed by atoms with Crippen LogP contribution in [0.5, 0.6) is 0 Å². The van der Waals surface area contributed by atoms with Crippen molar-refractivity contribution < 1.29 is 4.79 Å². The van der Waals surface area contributed by atoms with E-state index in [0.29, 0.717) is 29.5 Å². The Kier molecular flexibility index (Phi) is 1.47. The monoisotopic (exact) mass is 176 g/mol. The van der Waals surface area contributed by atoms with E-state index in [1.807, 2.05) is 0 Å². The number of rotatable bonds is 0. The van der Waals surface area contributed by atoms with E-state index in [2.05, 4.69) is 13.0 Å². The standard InChI is InChI=1S/C12H16O/c1-7-5-8-6-11(7)10-4-2-3-9(8)12(10)13/h5,8-11H,2-4,6H2,1H3. The fourth-order valence-corrected chi connectivity index (χ4v) is 3.71. The fourth-order valence-electron chi connectivity index (χ4n) is 3.71. The zero-order valence-electron chi connectivity index (χ0n) is 8.12. The van der Waals surface area contributed by atoms with E-state index in [9.17, 15) is 4.79 Å². The van der Waals surface area contributed by atoms with Crippen molar-refractivity contribution in [2.24, 2.45) is 23.7 Å². The van der Waals surface area contributed by atoms with Crippen molar-refractivity contribution in [3.05, 3.63) is 11.6 Å². The lowest BCUT2D eigenvalue weighted by atomic mass is 9.64. The zero-order valence-corrected chi connectivity index (χ0v) is 8.12. The van der Waals surface area contributed by atoms with Crippen LogP contribution in [-0.4, -0.2) is 5.78 Å². The summed E-state index contributed by atoms with van der Waals surface area (Å²) in [5.41, 5.74) is 1.51. The summed E-state index contributed by atoms with van der Waals surface area (Å²) in [6.45, 7) is 2.22. The normalized spacial score (nSPS) is 47.8. The smallest absolute Gasteiger partial charge is 0.140 e. The van der Waals surface area contributed by atoms with E-state index in [0.717, 1.165) is 12.8 Å². The van der Waals surface area contributed by atoms with Gasteiger partial charge in [0.25, 0.3) is 0 Å². The quantitative estimate of drug-likeness (QED) is 0.518. The summed E-state index contributed by atoms with van der Waals surface area (Å²) in [5, 5.41) is 0. The van der Waals surface area contributed by atoms with E-state index in [1.165, 1.54) is 18.4 Å². The molecule has 0 N–H and O–H groups in total. The van der Waals surface area contributed by atoms with Crippen molar-refractivity contribution in [2.75, 3.05) is 0 Å². The molecule has 4 unspecified atom stereocenters. The Morgan fingerprint density at radius 3 is 2.85 bits per heavy atom. The second-order valence-electron chi connectivity index (χ2n) is 4.96. The number of Topliss-reactive ketones (excluding diaryl/α,β-unsaturated/α-hetero) is 1. The van der Waals surface area contributed by atoms with E-state index in [4.69, 9.17) is 0 Å². The molecule has 1 nitrogen and oxygen atoms in total. The minimum Gasteiger partial charge on any atom is -0.299 e. The summed E-state index contributed by atoms with van der Waals surface area (Å²) in [6.07, 6.45) is 7.29. The predicted octanol–water partition coefficient (Wildman–Crippen LogP) is 2.57. The van der Waals surface area contributed by atoms with Crippen molar-refractivity contribution in [3.8, 4) is 0 Å². The predicted molar refractivity (Wildman–Crippen MR) is 51.2 cm³/mol. The van der Waals surface area contributed by atoms with Gasteiger partial charge in [0.1, 0.15) is 5.78 Å². The topological polar surface area (TPSA) is 17.1 Å². The molecule has 3 aliphatic rings. The van der Waals surface area contributed by atoms with Crippen molar-refractivity contribution >= 4 is 5.78 Å². The minimum atomic E-state index is 0.410. The van der Waals surface area contributed by atoms with Crippen LogP contribution >= 0.6 is 0 Å². The van der Waals surface area contributed by atoms with E-state index in [1.54, 1.807) is 0 Å². The molecule has 0 radical (unpaired) electrons. The molecule has 13 heavy (non-hydrogen) atoms. The average molecular weight is 176 g/mol. The molecule has 2 saturated carbocycles. The maximum absolute atomic E-state index is 12.0. The van der Waals surface area contributed by atoms with Crippen molar-refractivity contribution in [1.82, 2.24) is 0 Å². The molecule has 4 atom stereocenters. The Balaban J connectivity index is 2.03. The molecule has 0 heterocycles. The number of carbonyl (C=O) groups is 1. The van der Waals surface area contributed by atoms with Gasteiger partial charge >= 0.3 is 0 Å². The molecule has 0 aromatic rings. The lowest BCUT2D eigenvalue weighted by Gasteiger charge is -2.38. The van der Waals surface area contributed by atoms with Gasteiger partial charge in [-0.2, -0.15) is 0 Å². The largest absolute Gasteiger partial charge is 0.299 e. The van der Waals surface area contributed by atoms with Gasteiger partial charge in [0.15, 0.2) is 0 Å². The van der Waals surface area contributed by atoms with Crippen molar-refractivity contribution in [1.29, 1.82) is 0 Å². The van der Waals surface area contributed by atoms with Gasteiger partial charge in [-0.1, -0.05) is 18.1 Å². The average Bonchev–Trinajstić information content (AvgIpc) is 2.43. The van der Waals surface area contributed by atoms with Gasteiger partial charge in [-0.3, -0.25) is 4.79 Å². The minimum absolute atomic E-state index is 0.410. The van der Waals surface area contributed by atoms with Crippen LogP contribution in [0.4, 0.5) is 0 Å². The molecule has 2 fully saturated rings. The summed E-state index contributed by atoms with van der Waals surface area (Å²) >= 11 is 0. The van der Waals surface area contributed by atoms with Crippen molar-refractivity contribution in [3.63, 3.8) is 0 Å². The Morgan fingerprint density at radius 2 is 2.00 bits per heavy atom. The zero-order chi connectivity index (χ0) is 9.00. The van der Waals surface area contributed by atoms with Crippen LogP contribution < -0.4 is 0 Å². The van der Waals surface area contributed by atoms with E-state index >= 15 is 0 Å². The van der Waals surface area contributed by atoms with Gasteiger partial charge in [0.2, 0.25) is 0 Å². The number of allylic oxidation sites excluding steroid dienone is 2. The third-order valence-electron chi connectivity index (χ3n) is 4.35. The van der Waals surface area contributed by atoms with Gasteiger partial charge in [-0.15, -0.1) is 0 Å². The molecule has 0 spiro atoms. The first-order valence-electron chi connectivity index (χ1n) is 5.49. The highest BCUT2D eigenvalue weighted by molar-refractivity contribution is 5.86. The number of fused-ring (bicyclic) bond motifs is 6. The third kappa shape index (κ3) is 0.905. The van der Waals surface area contributed by atoms with Crippen LogP contribution in [0, 0.1) is 23.7 Å². The van der Waals surface area contributed by atoms with Crippen LogP contribution in [0.15, 0.2) is 11.6 Å². The molecule has 0 amide bonds. The van der Waals surface area contributed by atoms with Gasteiger partial charge in [0, 0.05) is 11.8 Å². The van der Waals surface area contributed by atoms with Gasteiger partial charge in [-0.25, -0.2) is 0 Å². The molecule has 0 aromatic heterocycles. The Hall–Kier alpha value is -0.590. The lowest BCUT2D eigenvalue weighted by Crippen LogP contribution is -2.40. The van der Waals surface area contributed by atoms with Crippen molar-refractivity contribution in [2.45, 2.75) is 32.6 Å². The third-order valence-corrected chi connectivity index (χ3v) is 4.35. The molecule has 3 rings (SSSR count). The molecule has 70 valence electrons. The number of hydrogen-bond donors (Lipinski definition) is 0. The van der Waals surface area contributed by atoms with Crippen LogP contribution in [0.2, 0.25) is 0 Å². The summed E-state index contributed by atoms with van der Waals surface area (Å²) in [5.74, 6) is 2.67. The molecular weight excluding hydrogens is 160 g/mol.